The maximum Gasteiger partial charge on any atom is 0.290 e. The van der Waals surface area contributed by atoms with Crippen LogP contribution < -0.4 is 0 Å². The second kappa shape index (κ2) is 158. The first kappa shape index (κ1) is 40.0. The summed E-state index contributed by atoms with van der Waals surface area (Å²) in [5, 5.41) is 13.8. The summed E-state index contributed by atoms with van der Waals surface area (Å²) in [7, 11) is 0. The Kier molecular flexibility index (Phi) is 701. The van der Waals surface area contributed by atoms with E-state index in [1.165, 1.54) is 0 Å². The molecule has 0 aromatic carbocycles. The van der Waals surface area contributed by atoms with Crippen LogP contribution in [0.2, 0.25) is 0 Å². The van der Waals surface area contributed by atoms with Crippen LogP contribution >= 0.6 is 0 Å². The fourth-order valence-corrected chi connectivity index (χ4v) is 0. The molecule has 0 bridgehead atoms. The van der Waals surface area contributed by atoms with Gasteiger partial charge in [0.15, 0.2) is 0 Å². The number of rotatable bonds is 0. The van der Waals surface area contributed by atoms with E-state index in [0.29, 0.717) is 0 Å². The minimum absolute atomic E-state index is 0. The summed E-state index contributed by atoms with van der Waals surface area (Å²) >= 11 is 0. The second-order valence-corrected chi connectivity index (χ2v) is 0.211. The number of carboxylic acid groups (broad SMARTS) is 2. The molecule has 0 aromatic heterocycles. The first-order valence-electron chi connectivity index (χ1n) is 0.988. The van der Waals surface area contributed by atoms with Gasteiger partial charge in [-0.05, 0) is 0 Å². The van der Waals surface area contributed by atoms with Crippen molar-refractivity contribution in [2.45, 2.75) is 0 Å². The van der Waals surface area contributed by atoms with Gasteiger partial charge in [0.1, 0.15) is 0 Å². The van der Waals surface area contributed by atoms with Gasteiger partial charge in [0.05, 0.1) is 0 Å². The van der Waals surface area contributed by atoms with E-state index < -0.39 is 0 Å². The normalized spacial score (nSPS) is 2.67. The Labute approximate surface area is 61.6 Å². The topological polar surface area (TPSA) is 138 Å². The van der Waals surface area contributed by atoms with Crippen molar-refractivity contribution in [3.05, 3.63) is 0 Å². The quantitative estimate of drug-likeness (QED) is 0.323. The van der Waals surface area contributed by atoms with Crippen LogP contribution in [0.25, 0.3) is 0 Å². The van der Waals surface area contributed by atoms with Gasteiger partial charge in [0.2, 0.25) is 0 Å². The Hall–Kier alpha value is -0.621. The van der Waals surface area contributed by atoms with Crippen molar-refractivity contribution in [2.75, 3.05) is 0 Å². The molecule has 0 aliphatic heterocycles. The molecular formula is C2H8MnO6. The Balaban J connectivity index is -0.00000000889. The molecule has 0 atom stereocenters. The molecule has 6 nitrogen and oxygen atoms in total. The van der Waals surface area contributed by atoms with Crippen molar-refractivity contribution in [1.82, 2.24) is 0 Å². The van der Waals surface area contributed by atoms with Crippen LogP contribution in [0.3, 0.4) is 0 Å². The van der Waals surface area contributed by atoms with Gasteiger partial charge in [0.25, 0.3) is 12.9 Å². The summed E-state index contributed by atoms with van der Waals surface area (Å²) < 4.78 is 0. The van der Waals surface area contributed by atoms with Crippen molar-refractivity contribution in [1.29, 1.82) is 0 Å². The van der Waals surface area contributed by atoms with Gasteiger partial charge >= 0.3 is 0 Å². The zero-order valence-electron chi connectivity index (χ0n) is 4.24. The summed E-state index contributed by atoms with van der Waals surface area (Å²) in [6.45, 7) is -0.500. The van der Waals surface area contributed by atoms with Gasteiger partial charge in [-0.2, -0.15) is 0 Å². The van der Waals surface area contributed by atoms with Crippen LogP contribution in [-0.2, 0) is 26.7 Å². The van der Waals surface area contributed by atoms with Gasteiger partial charge in [-0.3, -0.25) is 9.59 Å². The third kappa shape index (κ3) is 555. The van der Waals surface area contributed by atoms with Gasteiger partial charge < -0.3 is 21.2 Å². The van der Waals surface area contributed by atoms with E-state index in [1.54, 1.807) is 0 Å². The molecule has 0 rings (SSSR count). The van der Waals surface area contributed by atoms with Crippen LogP contribution in [0.4, 0.5) is 0 Å². The van der Waals surface area contributed by atoms with Crippen LogP contribution in [-0.4, -0.2) is 34.1 Å². The predicted molar refractivity (Wildman–Crippen MR) is 24.6 cm³/mol. The Bertz CT molecular complexity index is 32.0. The SMILES string of the molecule is O.O.O=CO.O=CO.[Mn]. The van der Waals surface area contributed by atoms with Gasteiger partial charge in [-0.25, -0.2) is 0 Å². The van der Waals surface area contributed by atoms with Crippen molar-refractivity contribution >= 4 is 12.9 Å². The van der Waals surface area contributed by atoms with E-state index in [1.807, 2.05) is 0 Å². The molecule has 0 spiro atoms. The molecule has 0 aliphatic carbocycles. The largest absolute Gasteiger partial charge is 0.483 e. The molecule has 7 heteroatoms. The van der Waals surface area contributed by atoms with E-state index in [-0.39, 0.29) is 41.0 Å². The van der Waals surface area contributed by atoms with E-state index in [9.17, 15) is 0 Å². The summed E-state index contributed by atoms with van der Waals surface area (Å²) in [4.78, 5) is 16.7. The van der Waals surface area contributed by atoms with E-state index in [4.69, 9.17) is 19.8 Å². The summed E-state index contributed by atoms with van der Waals surface area (Å²) in [5.41, 5.74) is 0. The summed E-state index contributed by atoms with van der Waals surface area (Å²) in [5.74, 6) is 0. The first-order chi connectivity index (χ1) is 2.83. The number of carbonyl (C=O) groups is 2. The van der Waals surface area contributed by atoms with Crippen molar-refractivity contribution < 1.29 is 47.8 Å². The van der Waals surface area contributed by atoms with E-state index >= 15 is 0 Å². The first-order valence-corrected chi connectivity index (χ1v) is 0.988. The minimum atomic E-state index is -0.250. The molecule has 9 heavy (non-hydrogen) atoms. The molecule has 0 aromatic rings. The van der Waals surface area contributed by atoms with Gasteiger partial charge in [0, 0.05) is 17.1 Å². The average molecular weight is 183 g/mol. The fraction of sp³-hybridized carbons (Fsp3) is 0. The van der Waals surface area contributed by atoms with Gasteiger partial charge in [-0.15, -0.1) is 0 Å². The average Bonchev–Trinajstić information content (AvgIpc) is 1.39. The van der Waals surface area contributed by atoms with Crippen LogP contribution in [0.1, 0.15) is 0 Å². The third-order valence-corrected chi connectivity index (χ3v) is 0. The molecule has 0 amide bonds. The minimum Gasteiger partial charge on any atom is -0.483 e. The van der Waals surface area contributed by atoms with E-state index in [2.05, 4.69) is 0 Å². The monoisotopic (exact) mass is 183 g/mol. The van der Waals surface area contributed by atoms with Crippen molar-refractivity contribution in [2.24, 2.45) is 0 Å². The molecule has 59 valence electrons. The Morgan fingerprint density at radius 2 is 0.889 bits per heavy atom. The zero-order chi connectivity index (χ0) is 5.41. The molecule has 0 aliphatic rings. The molecule has 0 unspecified atom stereocenters. The Morgan fingerprint density at radius 1 is 0.889 bits per heavy atom. The van der Waals surface area contributed by atoms with Crippen molar-refractivity contribution in [3.8, 4) is 0 Å². The predicted octanol–water partition coefficient (Wildman–Crippen LogP) is -2.25. The number of hydrogen-bond donors (Lipinski definition) is 2. The standard InChI is InChI=1S/2CH2O2.Mn.2H2O/c2*2-1-3;;;/h2*1H,(H,2,3);;2*1H2. The molecule has 1 radical (unpaired) electrons. The maximum atomic E-state index is 8.36. The summed E-state index contributed by atoms with van der Waals surface area (Å²) in [6, 6.07) is 0. The molecule has 0 heterocycles. The Morgan fingerprint density at radius 3 is 0.889 bits per heavy atom. The molecule has 6 N–H and O–H groups in total. The summed E-state index contributed by atoms with van der Waals surface area (Å²) in [6.07, 6.45) is 0. The van der Waals surface area contributed by atoms with Gasteiger partial charge in [-0.1, -0.05) is 0 Å². The second-order valence-electron chi connectivity index (χ2n) is 0.211. The molecule has 0 fully saturated rings. The molecular weight excluding hydrogens is 175 g/mol. The third-order valence-electron chi connectivity index (χ3n) is 0. The fourth-order valence-electron chi connectivity index (χ4n) is 0. The van der Waals surface area contributed by atoms with Crippen LogP contribution in [0.15, 0.2) is 0 Å². The smallest absolute Gasteiger partial charge is 0.290 e. The molecule has 0 saturated carbocycles. The van der Waals surface area contributed by atoms with Crippen LogP contribution in [0, 0.1) is 0 Å². The van der Waals surface area contributed by atoms with Crippen LogP contribution in [0.5, 0.6) is 0 Å². The number of hydrogen-bond acceptors (Lipinski definition) is 2. The zero-order valence-corrected chi connectivity index (χ0v) is 5.42. The molecule has 0 saturated heterocycles. The van der Waals surface area contributed by atoms with Crippen molar-refractivity contribution in [3.63, 3.8) is 0 Å². The maximum absolute atomic E-state index is 8.36. The van der Waals surface area contributed by atoms with E-state index in [0.717, 1.165) is 0 Å².